The molecule has 0 spiro atoms. The van der Waals surface area contributed by atoms with E-state index >= 15 is 0 Å². The predicted molar refractivity (Wildman–Crippen MR) is 65.5 cm³/mol. The van der Waals surface area contributed by atoms with Gasteiger partial charge in [-0.2, -0.15) is 0 Å². The summed E-state index contributed by atoms with van der Waals surface area (Å²) in [5.41, 5.74) is 0.866. The molecule has 0 bridgehead atoms. The highest BCUT2D eigenvalue weighted by atomic mass is 16.4. The van der Waals surface area contributed by atoms with Gasteiger partial charge in [-0.1, -0.05) is 13.8 Å². The molecule has 0 aromatic carbocycles. The third kappa shape index (κ3) is 2.43. The molecule has 1 saturated heterocycles. The Kier molecular flexibility index (Phi) is 3.47. The van der Waals surface area contributed by atoms with Crippen LogP contribution in [0, 0.1) is 0 Å². The zero-order valence-electron chi connectivity index (χ0n) is 10.4. The fourth-order valence-corrected chi connectivity index (χ4v) is 2.14. The van der Waals surface area contributed by atoms with Crippen molar-refractivity contribution in [1.82, 2.24) is 9.97 Å². The van der Waals surface area contributed by atoms with Gasteiger partial charge in [-0.05, 0) is 5.92 Å². The van der Waals surface area contributed by atoms with Crippen molar-refractivity contribution in [2.75, 3.05) is 11.4 Å². The first kappa shape index (κ1) is 12.8. The minimum atomic E-state index is -0.934. The number of anilines is 1. The minimum Gasteiger partial charge on any atom is -0.480 e. The normalized spacial score (nSPS) is 23.7. The van der Waals surface area contributed by atoms with Gasteiger partial charge in [0.05, 0.1) is 6.10 Å². The van der Waals surface area contributed by atoms with Crippen molar-refractivity contribution in [2.45, 2.75) is 38.3 Å². The van der Waals surface area contributed by atoms with Crippen molar-refractivity contribution in [3.05, 3.63) is 18.1 Å². The molecule has 6 heteroatoms. The summed E-state index contributed by atoms with van der Waals surface area (Å²) >= 11 is 0. The number of rotatable bonds is 3. The summed E-state index contributed by atoms with van der Waals surface area (Å²) in [5.74, 6) is -0.114. The quantitative estimate of drug-likeness (QED) is 0.819. The van der Waals surface area contributed by atoms with E-state index in [1.54, 1.807) is 11.0 Å². The average molecular weight is 251 g/mol. The van der Waals surface area contributed by atoms with E-state index in [9.17, 15) is 9.90 Å². The molecule has 0 aliphatic carbocycles. The van der Waals surface area contributed by atoms with E-state index in [1.807, 2.05) is 13.8 Å². The summed E-state index contributed by atoms with van der Waals surface area (Å²) in [6, 6.07) is 1.08. The molecule has 6 nitrogen and oxygen atoms in total. The lowest BCUT2D eigenvalue weighted by atomic mass is 10.1. The van der Waals surface area contributed by atoms with Gasteiger partial charge in [0.2, 0.25) is 0 Å². The van der Waals surface area contributed by atoms with Crippen LogP contribution in [0.15, 0.2) is 12.4 Å². The Balaban J connectivity index is 2.29. The molecule has 2 N–H and O–H groups in total. The summed E-state index contributed by atoms with van der Waals surface area (Å²) in [5, 5.41) is 18.8. The van der Waals surface area contributed by atoms with Gasteiger partial charge < -0.3 is 15.1 Å². The highest BCUT2D eigenvalue weighted by molar-refractivity contribution is 5.78. The Morgan fingerprint density at radius 1 is 1.50 bits per heavy atom. The number of aliphatic hydroxyl groups excluding tert-OH is 1. The molecule has 2 heterocycles. The van der Waals surface area contributed by atoms with Gasteiger partial charge in [-0.3, -0.25) is 0 Å². The minimum absolute atomic E-state index is 0.232. The number of aliphatic hydroxyl groups is 1. The Bertz CT molecular complexity index is 450. The van der Waals surface area contributed by atoms with Crippen molar-refractivity contribution >= 4 is 11.8 Å². The summed E-state index contributed by atoms with van der Waals surface area (Å²) in [6.45, 7) is 4.32. The second-order valence-electron chi connectivity index (χ2n) is 4.85. The first-order valence-electron chi connectivity index (χ1n) is 5.98. The molecule has 2 atom stereocenters. The van der Waals surface area contributed by atoms with Crippen LogP contribution in [0.4, 0.5) is 5.82 Å². The maximum absolute atomic E-state index is 11.2. The number of carboxylic acids is 1. The third-order valence-corrected chi connectivity index (χ3v) is 3.12. The number of hydrogen-bond donors (Lipinski definition) is 2. The fourth-order valence-electron chi connectivity index (χ4n) is 2.14. The van der Waals surface area contributed by atoms with Crippen LogP contribution in [0.25, 0.3) is 0 Å². The Morgan fingerprint density at radius 2 is 2.22 bits per heavy atom. The van der Waals surface area contributed by atoms with Gasteiger partial charge in [0.1, 0.15) is 18.2 Å². The van der Waals surface area contributed by atoms with Crippen molar-refractivity contribution in [3.8, 4) is 0 Å². The van der Waals surface area contributed by atoms with Gasteiger partial charge >= 0.3 is 5.97 Å². The highest BCUT2D eigenvalue weighted by Gasteiger charge is 2.36. The number of aromatic nitrogens is 2. The predicted octanol–water partition coefficient (Wildman–Crippen LogP) is 0.624. The van der Waals surface area contributed by atoms with Gasteiger partial charge in [-0.25, -0.2) is 14.8 Å². The van der Waals surface area contributed by atoms with Crippen molar-refractivity contribution < 1.29 is 15.0 Å². The van der Waals surface area contributed by atoms with Crippen molar-refractivity contribution in [3.63, 3.8) is 0 Å². The van der Waals surface area contributed by atoms with Crippen LogP contribution in [0.3, 0.4) is 0 Å². The van der Waals surface area contributed by atoms with Crippen molar-refractivity contribution in [2.24, 2.45) is 0 Å². The molecule has 1 aromatic heterocycles. The molecular weight excluding hydrogens is 234 g/mol. The molecule has 18 heavy (non-hydrogen) atoms. The molecule has 1 aromatic rings. The molecule has 1 aliphatic heterocycles. The summed E-state index contributed by atoms with van der Waals surface area (Å²) in [7, 11) is 0. The molecule has 0 saturated carbocycles. The lowest BCUT2D eigenvalue weighted by Gasteiger charge is -2.22. The Labute approximate surface area is 105 Å². The van der Waals surface area contributed by atoms with Crippen LogP contribution >= 0.6 is 0 Å². The Morgan fingerprint density at radius 3 is 2.83 bits per heavy atom. The van der Waals surface area contributed by atoms with Crippen LogP contribution in [-0.4, -0.2) is 44.8 Å². The smallest absolute Gasteiger partial charge is 0.326 e. The number of nitrogens with zero attached hydrogens (tertiary/aromatic N) is 3. The van der Waals surface area contributed by atoms with E-state index < -0.39 is 18.1 Å². The molecule has 0 amide bonds. The summed E-state index contributed by atoms with van der Waals surface area (Å²) in [6.07, 6.45) is 1.05. The second kappa shape index (κ2) is 4.89. The van der Waals surface area contributed by atoms with Gasteiger partial charge in [-0.15, -0.1) is 0 Å². The standard InChI is InChI=1S/C12H17N3O3/c1-7(2)9-4-11(14-6-13-9)15-5-8(16)3-10(15)12(17)18/h4,6-8,10,16H,3,5H2,1-2H3,(H,17,18). The lowest BCUT2D eigenvalue weighted by molar-refractivity contribution is -0.138. The highest BCUT2D eigenvalue weighted by Crippen LogP contribution is 2.25. The van der Waals surface area contributed by atoms with Crippen LogP contribution in [-0.2, 0) is 4.79 Å². The van der Waals surface area contributed by atoms with E-state index in [4.69, 9.17) is 5.11 Å². The van der Waals surface area contributed by atoms with E-state index in [0.717, 1.165) is 5.69 Å². The van der Waals surface area contributed by atoms with Crippen LogP contribution < -0.4 is 4.90 Å². The number of β-amino-alcohol motifs (C(OH)–C–C–N with tert-alkyl or cyclic N) is 1. The zero-order valence-corrected chi connectivity index (χ0v) is 10.4. The molecular formula is C12H17N3O3. The molecule has 1 fully saturated rings. The third-order valence-electron chi connectivity index (χ3n) is 3.12. The van der Waals surface area contributed by atoms with Crippen LogP contribution in [0.2, 0.25) is 0 Å². The van der Waals surface area contributed by atoms with Crippen molar-refractivity contribution in [1.29, 1.82) is 0 Å². The molecule has 1 aliphatic rings. The number of hydrogen-bond acceptors (Lipinski definition) is 5. The molecule has 2 rings (SSSR count). The monoisotopic (exact) mass is 251 g/mol. The molecule has 0 radical (unpaired) electrons. The summed E-state index contributed by atoms with van der Waals surface area (Å²) in [4.78, 5) is 21.0. The van der Waals surface area contributed by atoms with Gasteiger partial charge in [0.15, 0.2) is 0 Å². The first-order chi connectivity index (χ1) is 8.49. The maximum atomic E-state index is 11.2. The summed E-state index contributed by atoms with van der Waals surface area (Å²) < 4.78 is 0. The number of aliphatic carboxylic acids is 1. The lowest BCUT2D eigenvalue weighted by Crippen LogP contribution is -2.36. The number of carbonyl (C=O) groups is 1. The van der Waals surface area contributed by atoms with E-state index in [0.29, 0.717) is 12.4 Å². The SMILES string of the molecule is CC(C)c1cc(N2CC(O)CC2C(=O)O)ncn1. The fraction of sp³-hybridized carbons (Fsp3) is 0.583. The van der Waals surface area contributed by atoms with E-state index in [-0.39, 0.29) is 12.3 Å². The van der Waals surface area contributed by atoms with Gasteiger partial charge in [0, 0.05) is 24.7 Å². The van der Waals surface area contributed by atoms with E-state index in [2.05, 4.69) is 9.97 Å². The second-order valence-corrected chi connectivity index (χ2v) is 4.85. The first-order valence-corrected chi connectivity index (χ1v) is 5.98. The largest absolute Gasteiger partial charge is 0.480 e. The topological polar surface area (TPSA) is 86.5 Å². The van der Waals surface area contributed by atoms with E-state index in [1.165, 1.54) is 6.33 Å². The molecule has 2 unspecified atom stereocenters. The number of carboxylic acid groups (broad SMARTS) is 1. The zero-order chi connectivity index (χ0) is 13.3. The van der Waals surface area contributed by atoms with Gasteiger partial charge in [0.25, 0.3) is 0 Å². The Hall–Kier alpha value is -1.69. The van der Waals surface area contributed by atoms with Crippen LogP contribution in [0.5, 0.6) is 0 Å². The average Bonchev–Trinajstić information content (AvgIpc) is 2.72. The van der Waals surface area contributed by atoms with Crippen LogP contribution in [0.1, 0.15) is 31.9 Å². The molecule has 98 valence electrons. The maximum Gasteiger partial charge on any atom is 0.326 e.